The summed E-state index contributed by atoms with van der Waals surface area (Å²) in [5, 5.41) is 13.1. The zero-order valence-electron chi connectivity index (χ0n) is 21.4. The number of benzene rings is 1. The van der Waals surface area contributed by atoms with Crippen molar-refractivity contribution < 1.29 is 28.0 Å². The Morgan fingerprint density at radius 3 is 2.65 bits per heavy atom. The fourth-order valence-corrected chi connectivity index (χ4v) is 5.43. The maximum Gasteiger partial charge on any atom is 0.416 e. The Kier molecular flexibility index (Phi) is 7.50. The number of nitrogens with one attached hydrogen (secondary N) is 1. The van der Waals surface area contributed by atoms with Gasteiger partial charge in [0.15, 0.2) is 5.49 Å². The second-order valence-corrected chi connectivity index (χ2v) is 10.2. The SMILES string of the molecule is CC(=O)N[C@@H]1C[C@H](N(C)C(C)C)CC[C@@H]1N1CC[C@H](N=c2ncn(O)c3ccc(C(F)(F)F)cc23)C1=O. The van der Waals surface area contributed by atoms with Crippen molar-refractivity contribution in [1.82, 2.24) is 24.8 Å². The van der Waals surface area contributed by atoms with Gasteiger partial charge < -0.3 is 20.3 Å². The Morgan fingerprint density at radius 2 is 2.00 bits per heavy atom. The molecule has 0 unspecified atom stereocenters. The van der Waals surface area contributed by atoms with Crippen molar-refractivity contribution >= 4 is 22.7 Å². The molecule has 2 heterocycles. The molecule has 4 atom stereocenters. The van der Waals surface area contributed by atoms with Gasteiger partial charge in [-0.1, -0.05) is 0 Å². The minimum absolute atomic E-state index is 0.000529. The van der Waals surface area contributed by atoms with Gasteiger partial charge in [-0.2, -0.15) is 17.9 Å². The van der Waals surface area contributed by atoms with E-state index in [1.807, 2.05) is 0 Å². The van der Waals surface area contributed by atoms with Gasteiger partial charge in [0.1, 0.15) is 12.4 Å². The van der Waals surface area contributed by atoms with Crippen molar-refractivity contribution in [3.63, 3.8) is 0 Å². The van der Waals surface area contributed by atoms with E-state index in [9.17, 15) is 28.0 Å². The summed E-state index contributed by atoms with van der Waals surface area (Å²) in [4.78, 5) is 37.9. The second-order valence-electron chi connectivity index (χ2n) is 10.2. The van der Waals surface area contributed by atoms with E-state index in [4.69, 9.17) is 0 Å². The predicted octanol–water partition coefficient (Wildman–Crippen LogP) is 2.56. The average molecular weight is 523 g/mol. The highest BCUT2D eigenvalue weighted by atomic mass is 19.4. The van der Waals surface area contributed by atoms with Crippen LogP contribution in [0.4, 0.5) is 13.2 Å². The summed E-state index contributed by atoms with van der Waals surface area (Å²) in [5.74, 6) is -0.396. The van der Waals surface area contributed by atoms with E-state index in [1.165, 1.54) is 6.92 Å². The third-order valence-electron chi connectivity index (χ3n) is 7.56. The molecule has 1 aromatic carbocycles. The number of alkyl halides is 3. The predicted molar refractivity (Wildman–Crippen MR) is 130 cm³/mol. The molecule has 9 nitrogen and oxygen atoms in total. The number of fused-ring (bicyclic) bond motifs is 1. The Labute approximate surface area is 212 Å². The lowest BCUT2D eigenvalue weighted by Gasteiger charge is -2.44. The zero-order valence-corrected chi connectivity index (χ0v) is 21.4. The van der Waals surface area contributed by atoms with Crippen molar-refractivity contribution in [1.29, 1.82) is 0 Å². The maximum absolute atomic E-state index is 13.4. The number of rotatable bonds is 5. The van der Waals surface area contributed by atoms with E-state index < -0.39 is 17.8 Å². The summed E-state index contributed by atoms with van der Waals surface area (Å²) in [6.45, 7) is 6.13. The van der Waals surface area contributed by atoms with Crippen molar-refractivity contribution in [2.45, 2.75) is 82.8 Å². The first-order valence-electron chi connectivity index (χ1n) is 12.5. The van der Waals surface area contributed by atoms with Crippen LogP contribution in [0.5, 0.6) is 0 Å². The normalized spacial score (nSPS) is 25.5. The number of halogens is 3. The molecule has 202 valence electrons. The molecule has 2 N–H and O–H groups in total. The zero-order chi connectivity index (χ0) is 27.1. The van der Waals surface area contributed by atoms with E-state index >= 15 is 0 Å². The Morgan fingerprint density at radius 1 is 1.27 bits per heavy atom. The van der Waals surface area contributed by atoms with E-state index in [0.717, 1.165) is 37.4 Å². The van der Waals surface area contributed by atoms with Crippen LogP contribution in [0, 0.1) is 0 Å². The van der Waals surface area contributed by atoms with Gasteiger partial charge in [0, 0.05) is 30.9 Å². The van der Waals surface area contributed by atoms with Crippen LogP contribution in [0.3, 0.4) is 0 Å². The number of carbonyl (C=O) groups excluding carboxylic acids is 2. The Hall–Kier alpha value is -3.15. The summed E-state index contributed by atoms with van der Waals surface area (Å²) in [5.41, 5.74) is -0.834. The van der Waals surface area contributed by atoms with Crippen molar-refractivity contribution in [2.24, 2.45) is 4.99 Å². The topological polar surface area (TPSA) is 103 Å². The molecule has 1 saturated carbocycles. The molecule has 2 amide bonds. The van der Waals surface area contributed by atoms with Crippen molar-refractivity contribution in [3.8, 4) is 0 Å². The molecule has 1 aromatic heterocycles. The highest BCUT2D eigenvalue weighted by molar-refractivity contribution is 5.85. The van der Waals surface area contributed by atoms with Crippen LogP contribution in [0.25, 0.3) is 10.9 Å². The molecule has 2 fully saturated rings. The number of nitrogens with zero attached hydrogens (tertiary/aromatic N) is 5. The first-order chi connectivity index (χ1) is 17.4. The fraction of sp³-hybridized carbons (Fsp3) is 0.600. The van der Waals surface area contributed by atoms with Gasteiger partial charge in [-0.05, 0) is 64.8 Å². The van der Waals surface area contributed by atoms with Crippen LogP contribution in [0.1, 0.15) is 52.0 Å². The van der Waals surface area contributed by atoms with Crippen LogP contribution in [-0.4, -0.2) is 80.3 Å². The molecule has 0 spiro atoms. The number of hydrogen-bond acceptors (Lipinski definition) is 6. The van der Waals surface area contributed by atoms with Gasteiger partial charge in [0.05, 0.1) is 23.2 Å². The highest BCUT2D eigenvalue weighted by Gasteiger charge is 2.43. The molecular formula is C25H33F3N6O3. The van der Waals surface area contributed by atoms with E-state index in [1.54, 1.807) is 4.90 Å². The number of carbonyl (C=O) groups is 2. The molecule has 4 rings (SSSR count). The molecule has 1 aliphatic carbocycles. The molecule has 1 saturated heterocycles. The van der Waals surface area contributed by atoms with Crippen LogP contribution in [-0.2, 0) is 15.8 Å². The fourth-order valence-electron chi connectivity index (χ4n) is 5.43. The van der Waals surface area contributed by atoms with Crippen molar-refractivity contribution in [2.75, 3.05) is 13.6 Å². The minimum Gasteiger partial charge on any atom is -0.427 e. The highest BCUT2D eigenvalue weighted by Crippen LogP contribution is 2.32. The van der Waals surface area contributed by atoms with Gasteiger partial charge >= 0.3 is 6.18 Å². The van der Waals surface area contributed by atoms with E-state index in [-0.39, 0.29) is 46.3 Å². The molecule has 37 heavy (non-hydrogen) atoms. The number of amides is 2. The van der Waals surface area contributed by atoms with Gasteiger partial charge in [-0.25, -0.2) is 4.98 Å². The number of likely N-dealkylation sites (tertiary alicyclic amines) is 1. The molecule has 1 aliphatic heterocycles. The summed E-state index contributed by atoms with van der Waals surface area (Å²) < 4.78 is 40.5. The summed E-state index contributed by atoms with van der Waals surface area (Å²) in [6, 6.07) is 2.31. The lowest BCUT2D eigenvalue weighted by Crippen LogP contribution is -2.58. The molecule has 0 bridgehead atoms. The third kappa shape index (κ3) is 5.58. The first-order valence-corrected chi connectivity index (χ1v) is 12.5. The smallest absolute Gasteiger partial charge is 0.416 e. The largest absolute Gasteiger partial charge is 0.427 e. The standard InChI is InChI=1S/C25H33F3N6O3/c1-14(2)32(4)17-6-8-22(20(12-17)30-15(3)35)33-10-9-19(24(33)36)31-23-18-11-16(25(26,27)28)5-7-21(18)34(37)13-29-23/h5,7,11,13-14,17,19-20,22,37H,6,8-10,12H2,1-4H3,(H,30,35)/t17-,19+,20-,22+/m1/s1. The van der Waals surface area contributed by atoms with Crippen molar-refractivity contribution in [3.05, 3.63) is 35.6 Å². The van der Waals surface area contributed by atoms with E-state index in [2.05, 4.69) is 41.1 Å². The summed E-state index contributed by atoms with van der Waals surface area (Å²) >= 11 is 0. The Balaban J connectivity index is 1.62. The third-order valence-corrected chi connectivity index (χ3v) is 7.56. The van der Waals surface area contributed by atoms with Crippen LogP contribution in [0.15, 0.2) is 29.5 Å². The monoisotopic (exact) mass is 522 g/mol. The molecule has 2 aliphatic rings. The summed E-state index contributed by atoms with van der Waals surface area (Å²) in [6.07, 6.45) is -0.840. The van der Waals surface area contributed by atoms with Gasteiger partial charge in [-0.3, -0.25) is 14.6 Å². The summed E-state index contributed by atoms with van der Waals surface area (Å²) in [7, 11) is 2.06. The average Bonchev–Trinajstić information content (AvgIpc) is 3.18. The van der Waals surface area contributed by atoms with Gasteiger partial charge in [0.25, 0.3) is 0 Å². The molecule has 12 heteroatoms. The quantitative estimate of drug-likeness (QED) is 0.588. The maximum atomic E-state index is 13.4. The first kappa shape index (κ1) is 26.9. The minimum atomic E-state index is -4.58. The van der Waals surface area contributed by atoms with Crippen LogP contribution >= 0.6 is 0 Å². The van der Waals surface area contributed by atoms with Crippen LogP contribution < -0.4 is 10.8 Å². The van der Waals surface area contributed by atoms with Gasteiger partial charge in [0.2, 0.25) is 11.8 Å². The molecular weight excluding hydrogens is 489 g/mol. The van der Waals surface area contributed by atoms with Gasteiger partial charge in [-0.15, -0.1) is 0 Å². The Bertz CT molecular complexity index is 1240. The number of aromatic nitrogens is 2. The molecule has 2 aromatic rings. The lowest BCUT2D eigenvalue weighted by atomic mass is 9.84. The second kappa shape index (κ2) is 10.3. The lowest BCUT2D eigenvalue weighted by molar-refractivity contribution is -0.137. The van der Waals surface area contributed by atoms with Crippen LogP contribution in [0.2, 0.25) is 0 Å². The van der Waals surface area contributed by atoms with E-state index in [0.29, 0.717) is 30.2 Å². The molecule has 0 radical (unpaired) electrons. The number of hydrogen-bond donors (Lipinski definition) is 2.